The van der Waals surface area contributed by atoms with Gasteiger partial charge in [0.2, 0.25) is 0 Å². The summed E-state index contributed by atoms with van der Waals surface area (Å²) >= 11 is 0. The van der Waals surface area contributed by atoms with E-state index in [1.54, 1.807) is 24.3 Å². The fourth-order valence-electron chi connectivity index (χ4n) is 2.16. The van der Waals surface area contributed by atoms with Crippen molar-refractivity contribution in [2.24, 2.45) is 0 Å². The van der Waals surface area contributed by atoms with Crippen LogP contribution in [-0.2, 0) is 9.59 Å². The first-order valence-electron chi connectivity index (χ1n) is 7.29. The third-order valence-electron chi connectivity index (χ3n) is 3.27. The summed E-state index contributed by atoms with van der Waals surface area (Å²) in [7, 11) is 0. The lowest BCUT2D eigenvalue weighted by Crippen LogP contribution is -2.10. The van der Waals surface area contributed by atoms with Crippen LogP contribution in [0.2, 0.25) is 0 Å². The van der Waals surface area contributed by atoms with Gasteiger partial charge in [-0.2, -0.15) is 0 Å². The van der Waals surface area contributed by atoms with Gasteiger partial charge in [0.1, 0.15) is 23.7 Å². The fraction of sp³-hybridized carbons (Fsp3) is 0.222. The molecule has 2 aromatic rings. The van der Waals surface area contributed by atoms with E-state index in [0.717, 1.165) is 0 Å². The van der Waals surface area contributed by atoms with Gasteiger partial charge in [-0.15, -0.1) is 0 Å². The molecule has 0 saturated carbocycles. The Kier molecular flexibility index (Phi) is 5.68. The molecule has 0 aliphatic carbocycles. The van der Waals surface area contributed by atoms with Crippen LogP contribution in [0.5, 0.6) is 11.5 Å². The van der Waals surface area contributed by atoms with Crippen LogP contribution in [-0.4, -0.2) is 22.2 Å². The molecule has 0 aliphatic heterocycles. The molecular weight excluding hydrogens is 312 g/mol. The molecule has 2 atom stereocenters. The average Bonchev–Trinajstić information content (AvgIpc) is 2.54. The summed E-state index contributed by atoms with van der Waals surface area (Å²) in [6.45, 7) is 2.60. The fourth-order valence-corrected chi connectivity index (χ4v) is 2.16. The van der Waals surface area contributed by atoms with Gasteiger partial charge in [0.15, 0.2) is 0 Å². The molecule has 0 radical (unpaired) electrons. The van der Waals surface area contributed by atoms with Crippen molar-refractivity contribution in [1.29, 1.82) is 0 Å². The Bertz CT molecular complexity index is 642. The van der Waals surface area contributed by atoms with Crippen LogP contribution in [0.3, 0.4) is 0 Å². The van der Waals surface area contributed by atoms with E-state index in [9.17, 15) is 19.8 Å². The summed E-state index contributed by atoms with van der Waals surface area (Å²) in [6.07, 6.45) is -2.31. The van der Waals surface area contributed by atoms with Crippen LogP contribution in [0.4, 0.5) is 0 Å². The summed E-state index contributed by atoms with van der Waals surface area (Å²) in [5.74, 6) is -0.148. The number of ether oxygens (including phenoxy) is 2. The van der Waals surface area contributed by atoms with Crippen molar-refractivity contribution in [2.45, 2.75) is 26.1 Å². The van der Waals surface area contributed by atoms with E-state index in [2.05, 4.69) is 0 Å². The number of carbonyl (C=O) groups excluding carboxylic acids is 2. The highest BCUT2D eigenvalue weighted by Crippen LogP contribution is 2.30. The lowest BCUT2D eigenvalue weighted by atomic mass is 9.98. The van der Waals surface area contributed by atoms with Crippen molar-refractivity contribution in [3.63, 3.8) is 0 Å². The second-order valence-corrected chi connectivity index (χ2v) is 5.22. The molecule has 0 fully saturated rings. The van der Waals surface area contributed by atoms with Crippen LogP contribution in [0.25, 0.3) is 0 Å². The monoisotopic (exact) mass is 330 g/mol. The Morgan fingerprint density at radius 2 is 1.00 bits per heavy atom. The van der Waals surface area contributed by atoms with Crippen LogP contribution >= 0.6 is 0 Å². The number of hydrogen-bond donors (Lipinski definition) is 2. The predicted octanol–water partition coefficient (Wildman–Crippen LogP) is 2.30. The van der Waals surface area contributed by atoms with Crippen molar-refractivity contribution < 1.29 is 29.3 Å². The van der Waals surface area contributed by atoms with E-state index >= 15 is 0 Å². The van der Waals surface area contributed by atoms with Crippen molar-refractivity contribution in [2.75, 3.05) is 0 Å². The lowest BCUT2D eigenvalue weighted by Gasteiger charge is -2.19. The maximum Gasteiger partial charge on any atom is 0.308 e. The summed E-state index contributed by atoms with van der Waals surface area (Å²) in [5, 5.41) is 20.6. The van der Waals surface area contributed by atoms with E-state index in [0.29, 0.717) is 22.6 Å². The molecule has 2 N–H and O–H groups in total. The Labute approximate surface area is 139 Å². The number of rotatable bonds is 5. The topological polar surface area (TPSA) is 93.1 Å². The highest BCUT2D eigenvalue weighted by atomic mass is 16.5. The van der Waals surface area contributed by atoms with Crippen LogP contribution in [0.15, 0.2) is 48.5 Å². The Morgan fingerprint density at radius 3 is 1.25 bits per heavy atom. The minimum absolute atomic E-state index is 0.360. The van der Waals surface area contributed by atoms with Crippen LogP contribution in [0.1, 0.15) is 37.2 Å². The highest BCUT2D eigenvalue weighted by Gasteiger charge is 2.20. The molecular formula is C18H18O6. The van der Waals surface area contributed by atoms with Gasteiger partial charge < -0.3 is 19.7 Å². The molecule has 2 aromatic carbocycles. The summed E-state index contributed by atoms with van der Waals surface area (Å²) in [4.78, 5) is 21.8. The molecule has 0 bridgehead atoms. The van der Waals surface area contributed by atoms with Crippen molar-refractivity contribution in [3.05, 3.63) is 59.7 Å². The minimum atomic E-state index is -1.16. The number of benzene rings is 2. The van der Waals surface area contributed by atoms with E-state index in [-0.39, 0.29) is 0 Å². The zero-order valence-electron chi connectivity index (χ0n) is 13.3. The maximum absolute atomic E-state index is 10.9. The highest BCUT2D eigenvalue weighted by molar-refractivity contribution is 5.69. The smallest absolute Gasteiger partial charge is 0.308 e. The van der Waals surface area contributed by atoms with Gasteiger partial charge in [0.05, 0.1) is 0 Å². The summed E-state index contributed by atoms with van der Waals surface area (Å²) < 4.78 is 9.83. The average molecular weight is 330 g/mol. The van der Waals surface area contributed by atoms with Gasteiger partial charge in [0, 0.05) is 13.8 Å². The lowest BCUT2D eigenvalue weighted by molar-refractivity contribution is -0.132. The molecule has 0 aromatic heterocycles. The van der Waals surface area contributed by atoms with Crippen molar-refractivity contribution in [3.8, 4) is 11.5 Å². The third kappa shape index (κ3) is 4.65. The Balaban J connectivity index is 2.09. The van der Waals surface area contributed by atoms with Gasteiger partial charge in [-0.25, -0.2) is 0 Å². The minimum Gasteiger partial charge on any atom is -0.427 e. The standard InChI is InChI=1S/C18H18O6/c1-11(19)23-15-7-3-13(4-8-15)17(21)18(22)14-5-9-16(10-6-14)24-12(2)20/h3-10,17-18,21-22H,1-2H3/t17-,18-/m0/s1. The number of hydrogen-bond acceptors (Lipinski definition) is 6. The summed E-state index contributed by atoms with van der Waals surface area (Å²) in [6, 6.07) is 12.4. The largest absolute Gasteiger partial charge is 0.427 e. The molecule has 0 aliphatic rings. The molecule has 0 unspecified atom stereocenters. The van der Waals surface area contributed by atoms with Crippen molar-refractivity contribution >= 4 is 11.9 Å². The zero-order chi connectivity index (χ0) is 17.7. The first-order chi connectivity index (χ1) is 11.4. The number of aliphatic hydroxyl groups is 2. The molecule has 6 heteroatoms. The number of esters is 2. The molecule has 6 nitrogen and oxygen atoms in total. The normalized spacial score (nSPS) is 13.0. The quantitative estimate of drug-likeness (QED) is 0.645. The first kappa shape index (κ1) is 17.7. The van der Waals surface area contributed by atoms with Crippen LogP contribution < -0.4 is 9.47 Å². The van der Waals surface area contributed by atoms with Gasteiger partial charge in [-0.1, -0.05) is 24.3 Å². The van der Waals surface area contributed by atoms with E-state index in [1.165, 1.54) is 38.1 Å². The number of carbonyl (C=O) groups is 2. The number of aliphatic hydroxyl groups excluding tert-OH is 2. The second kappa shape index (κ2) is 7.72. The third-order valence-corrected chi connectivity index (χ3v) is 3.27. The molecule has 2 rings (SSSR count). The zero-order valence-corrected chi connectivity index (χ0v) is 13.3. The first-order valence-corrected chi connectivity index (χ1v) is 7.29. The predicted molar refractivity (Wildman–Crippen MR) is 85.4 cm³/mol. The molecule has 0 saturated heterocycles. The molecule has 0 spiro atoms. The molecule has 0 heterocycles. The van der Waals surface area contributed by atoms with Gasteiger partial charge in [0.25, 0.3) is 0 Å². The molecule has 0 amide bonds. The van der Waals surface area contributed by atoms with E-state index < -0.39 is 24.1 Å². The van der Waals surface area contributed by atoms with Crippen molar-refractivity contribution in [1.82, 2.24) is 0 Å². The van der Waals surface area contributed by atoms with E-state index in [1.807, 2.05) is 0 Å². The van der Waals surface area contributed by atoms with Gasteiger partial charge in [-0.3, -0.25) is 9.59 Å². The van der Waals surface area contributed by atoms with E-state index in [4.69, 9.17) is 9.47 Å². The Hall–Kier alpha value is -2.70. The Morgan fingerprint density at radius 1 is 0.708 bits per heavy atom. The maximum atomic E-state index is 10.9. The van der Waals surface area contributed by atoms with Crippen LogP contribution in [0, 0.1) is 0 Å². The molecule has 24 heavy (non-hydrogen) atoms. The summed E-state index contributed by atoms with van der Waals surface area (Å²) in [5.41, 5.74) is 0.949. The van der Waals surface area contributed by atoms with Gasteiger partial charge >= 0.3 is 11.9 Å². The van der Waals surface area contributed by atoms with Gasteiger partial charge in [-0.05, 0) is 35.4 Å². The second-order valence-electron chi connectivity index (χ2n) is 5.22. The SMILES string of the molecule is CC(=O)Oc1ccc([C@H](O)[C@@H](O)c2ccc(OC(C)=O)cc2)cc1. The molecule has 126 valence electrons.